The Kier molecular flexibility index (Phi) is 4.17. The highest BCUT2D eigenvalue weighted by Gasteiger charge is 2.30. The number of halogens is 2. The van der Waals surface area contributed by atoms with Crippen molar-refractivity contribution in [1.82, 2.24) is 9.88 Å². The number of aromatic nitrogens is 1. The Hall–Kier alpha value is -3.12. The van der Waals surface area contributed by atoms with E-state index in [4.69, 9.17) is 4.74 Å². The number of rotatable bonds is 3. The molecule has 1 amide bonds. The maximum atomic E-state index is 13.5. The molecule has 5 rings (SSSR count). The van der Waals surface area contributed by atoms with Crippen molar-refractivity contribution in [2.75, 3.05) is 7.11 Å². The van der Waals surface area contributed by atoms with Crippen LogP contribution in [-0.2, 0) is 0 Å². The second kappa shape index (κ2) is 6.74. The van der Waals surface area contributed by atoms with Gasteiger partial charge in [-0.15, -0.1) is 0 Å². The van der Waals surface area contributed by atoms with Crippen molar-refractivity contribution >= 4 is 32.7 Å². The Labute approximate surface area is 175 Å². The highest BCUT2D eigenvalue weighted by molar-refractivity contribution is 9.10. The third-order valence-corrected chi connectivity index (χ3v) is 5.70. The number of ether oxygens (including phenoxy) is 1. The van der Waals surface area contributed by atoms with E-state index in [1.807, 2.05) is 42.5 Å². The average molecular weight is 451 g/mol. The van der Waals surface area contributed by atoms with Crippen molar-refractivity contribution in [2.24, 2.45) is 0 Å². The van der Waals surface area contributed by atoms with E-state index in [1.165, 1.54) is 12.1 Å². The van der Waals surface area contributed by atoms with Crippen LogP contribution < -0.4 is 10.1 Å². The smallest absolute Gasteiger partial charge is 0.255 e. The minimum Gasteiger partial charge on any atom is -0.497 e. The Morgan fingerprint density at radius 3 is 2.45 bits per heavy atom. The molecule has 1 aromatic heterocycles. The molecule has 6 heteroatoms. The molecular weight excluding hydrogens is 435 g/mol. The highest BCUT2D eigenvalue weighted by Crippen LogP contribution is 2.39. The van der Waals surface area contributed by atoms with Crippen molar-refractivity contribution in [1.29, 1.82) is 0 Å². The van der Waals surface area contributed by atoms with Crippen LogP contribution in [0.5, 0.6) is 5.75 Å². The Balaban J connectivity index is 1.79. The number of nitrogens with one attached hydrogen (secondary N) is 1. The van der Waals surface area contributed by atoms with Crippen LogP contribution >= 0.6 is 15.9 Å². The van der Waals surface area contributed by atoms with Gasteiger partial charge in [0.25, 0.3) is 5.91 Å². The van der Waals surface area contributed by atoms with Crippen molar-refractivity contribution in [3.05, 3.63) is 88.1 Å². The first-order valence-electron chi connectivity index (χ1n) is 9.10. The Morgan fingerprint density at radius 1 is 1.03 bits per heavy atom. The number of nitrogens with zero attached hydrogens (tertiary/aromatic N) is 1. The summed E-state index contributed by atoms with van der Waals surface area (Å²) in [5, 5.41) is 4.06. The largest absolute Gasteiger partial charge is 0.497 e. The van der Waals surface area contributed by atoms with Crippen LogP contribution in [-0.4, -0.2) is 17.6 Å². The van der Waals surface area contributed by atoms with Gasteiger partial charge in [0.15, 0.2) is 0 Å². The zero-order chi connectivity index (χ0) is 20.1. The lowest BCUT2D eigenvalue weighted by Crippen LogP contribution is -2.37. The predicted molar refractivity (Wildman–Crippen MR) is 114 cm³/mol. The first kappa shape index (κ1) is 17.9. The quantitative estimate of drug-likeness (QED) is 0.447. The van der Waals surface area contributed by atoms with Crippen molar-refractivity contribution in [3.8, 4) is 17.0 Å². The molecule has 3 aromatic carbocycles. The summed E-state index contributed by atoms with van der Waals surface area (Å²) < 4.78 is 21.7. The van der Waals surface area contributed by atoms with Gasteiger partial charge in [-0.05, 0) is 65.7 Å². The second-order valence-electron chi connectivity index (χ2n) is 6.95. The standard InChI is InChI=1S/C23H16BrFN2O2/c1-29-18-8-4-14(5-9-18)22-26-23(28)19-12-16(24)10-15-11-20(27(22)21(15)19)13-2-6-17(25)7-3-13/h2-12,22H,1H3,(H,26,28). The molecule has 1 atom stereocenters. The van der Waals surface area contributed by atoms with E-state index in [1.54, 1.807) is 19.2 Å². The molecule has 1 unspecified atom stereocenters. The summed E-state index contributed by atoms with van der Waals surface area (Å²) in [4.78, 5) is 12.9. The summed E-state index contributed by atoms with van der Waals surface area (Å²) >= 11 is 3.50. The van der Waals surface area contributed by atoms with Gasteiger partial charge in [-0.3, -0.25) is 4.79 Å². The number of carbonyl (C=O) groups excluding carboxylic acids is 1. The summed E-state index contributed by atoms with van der Waals surface area (Å²) in [6.07, 6.45) is -0.389. The fourth-order valence-electron chi connectivity index (χ4n) is 3.91. The summed E-state index contributed by atoms with van der Waals surface area (Å²) in [6.45, 7) is 0. The van der Waals surface area contributed by atoms with E-state index in [0.717, 1.165) is 37.9 Å². The molecule has 1 aliphatic rings. The lowest BCUT2D eigenvalue weighted by Gasteiger charge is -2.29. The fourth-order valence-corrected chi connectivity index (χ4v) is 4.38. The van der Waals surface area contributed by atoms with Crippen LogP contribution in [0.25, 0.3) is 22.2 Å². The third-order valence-electron chi connectivity index (χ3n) is 5.24. The maximum Gasteiger partial charge on any atom is 0.255 e. The molecule has 144 valence electrons. The van der Waals surface area contributed by atoms with Crippen LogP contribution in [0.3, 0.4) is 0 Å². The zero-order valence-electron chi connectivity index (χ0n) is 15.4. The first-order valence-corrected chi connectivity index (χ1v) is 9.90. The van der Waals surface area contributed by atoms with Gasteiger partial charge in [-0.2, -0.15) is 0 Å². The number of methoxy groups -OCH3 is 1. The third kappa shape index (κ3) is 2.91. The fraction of sp³-hybridized carbons (Fsp3) is 0.0870. The molecule has 0 saturated heterocycles. The average Bonchev–Trinajstić information content (AvgIpc) is 3.10. The van der Waals surface area contributed by atoms with E-state index in [2.05, 4.69) is 25.8 Å². The molecule has 4 nitrogen and oxygen atoms in total. The van der Waals surface area contributed by atoms with Gasteiger partial charge in [0.1, 0.15) is 17.7 Å². The minimum absolute atomic E-state index is 0.131. The predicted octanol–water partition coefficient (Wildman–Crippen LogP) is 5.51. The van der Waals surface area contributed by atoms with Crippen molar-refractivity contribution < 1.29 is 13.9 Å². The summed E-state index contributed by atoms with van der Waals surface area (Å²) in [5.74, 6) is 0.331. The number of benzene rings is 3. The van der Waals surface area contributed by atoms with Gasteiger partial charge in [-0.1, -0.05) is 28.1 Å². The van der Waals surface area contributed by atoms with Crippen LogP contribution in [0, 0.1) is 5.82 Å². The van der Waals surface area contributed by atoms with Crippen molar-refractivity contribution in [3.63, 3.8) is 0 Å². The van der Waals surface area contributed by atoms with Gasteiger partial charge < -0.3 is 14.6 Å². The van der Waals surface area contributed by atoms with Crippen LogP contribution in [0.1, 0.15) is 22.1 Å². The van der Waals surface area contributed by atoms with Crippen LogP contribution in [0.4, 0.5) is 4.39 Å². The zero-order valence-corrected chi connectivity index (χ0v) is 17.0. The van der Waals surface area contributed by atoms with Gasteiger partial charge in [0.05, 0.1) is 23.9 Å². The lowest BCUT2D eigenvalue weighted by atomic mass is 10.1. The molecule has 0 spiro atoms. The van der Waals surface area contributed by atoms with E-state index in [0.29, 0.717) is 5.56 Å². The van der Waals surface area contributed by atoms with Gasteiger partial charge in [0.2, 0.25) is 0 Å². The monoisotopic (exact) mass is 450 g/mol. The molecule has 1 N–H and O–H groups in total. The van der Waals surface area contributed by atoms with Gasteiger partial charge >= 0.3 is 0 Å². The molecular formula is C23H16BrFN2O2. The first-order chi connectivity index (χ1) is 14.0. The summed E-state index contributed by atoms with van der Waals surface area (Å²) in [6, 6.07) is 19.9. The minimum atomic E-state index is -0.389. The molecule has 1 aliphatic heterocycles. The lowest BCUT2D eigenvalue weighted by molar-refractivity contribution is 0.0924. The summed E-state index contributed by atoms with van der Waals surface area (Å²) in [7, 11) is 1.62. The van der Waals surface area contributed by atoms with E-state index >= 15 is 0 Å². The topological polar surface area (TPSA) is 43.3 Å². The second-order valence-corrected chi connectivity index (χ2v) is 7.86. The molecule has 0 fully saturated rings. The number of amides is 1. The van der Waals surface area contributed by atoms with Crippen molar-refractivity contribution in [2.45, 2.75) is 6.17 Å². The van der Waals surface area contributed by atoms with Crippen LogP contribution in [0.2, 0.25) is 0 Å². The molecule has 2 heterocycles. The number of carbonyl (C=O) groups is 1. The van der Waals surface area contributed by atoms with E-state index < -0.39 is 0 Å². The number of hydrogen-bond acceptors (Lipinski definition) is 2. The molecule has 0 radical (unpaired) electrons. The molecule has 0 bridgehead atoms. The van der Waals surface area contributed by atoms with E-state index in [9.17, 15) is 9.18 Å². The number of hydrogen-bond donors (Lipinski definition) is 1. The highest BCUT2D eigenvalue weighted by atomic mass is 79.9. The molecule has 0 aliphatic carbocycles. The Bertz CT molecular complexity index is 1250. The Morgan fingerprint density at radius 2 is 1.76 bits per heavy atom. The SMILES string of the molecule is COc1ccc(C2NC(=O)c3cc(Br)cc4cc(-c5ccc(F)cc5)n2c34)cc1. The molecule has 0 saturated carbocycles. The van der Waals surface area contributed by atoms with Gasteiger partial charge in [0, 0.05) is 9.86 Å². The molecule has 4 aromatic rings. The van der Waals surface area contributed by atoms with Gasteiger partial charge in [-0.25, -0.2) is 4.39 Å². The summed E-state index contributed by atoms with van der Waals surface area (Å²) in [5.41, 5.74) is 4.16. The molecule has 29 heavy (non-hydrogen) atoms. The van der Waals surface area contributed by atoms with E-state index in [-0.39, 0.29) is 17.9 Å². The normalized spacial score (nSPS) is 15.4. The maximum absolute atomic E-state index is 13.5. The van der Waals surface area contributed by atoms with Crippen LogP contribution in [0.15, 0.2) is 71.2 Å².